The summed E-state index contributed by atoms with van der Waals surface area (Å²) in [6.07, 6.45) is 0. The Hall–Kier alpha value is 1.79. The third-order valence-electron chi connectivity index (χ3n) is 2.62. The average molecular weight is 474 g/mol. The van der Waals surface area contributed by atoms with Gasteiger partial charge in [0, 0.05) is 0 Å². The molecule has 0 amide bonds. The molecular weight excluding hydrogens is 467 g/mol. The molecule has 120 valence electrons. The van der Waals surface area contributed by atoms with E-state index in [1.54, 1.807) is 12.1 Å². The van der Waals surface area contributed by atoms with E-state index in [0.29, 0.717) is 5.56 Å². The Morgan fingerprint density at radius 1 is 0.810 bits per heavy atom. The lowest BCUT2D eigenvalue weighted by molar-refractivity contribution is 0.281. The molecule has 1 aromatic carbocycles. The first-order valence-corrected chi connectivity index (χ1v) is 8.59. The summed E-state index contributed by atoms with van der Waals surface area (Å²) in [5, 5.41) is 9.15. The van der Waals surface area contributed by atoms with Gasteiger partial charge in [0.1, 0.15) is 0 Å². The molecule has 0 saturated heterocycles. The molecule has 0 saturated carbocycles. The van der Waals surface area contributed by atoms with Crippen molar-refractivity contribution in [3.05, 3.63) is 35.4 Å². The number of halogens is 9. The summed E-state index contributed by atoms with van der Waals surface area (Å²) < 4.78 is -8.95. The SMILES string of the molecule is OCc1cccc(C(Cl)(Cl)C(Cl)(Cl)C(Cl)(Cl)C(Cl)(Cl)Cl)c1. The second-order valence-electron chi connectivity index (χ2n) is 4.08. The Balaban J connectivity index is 3.39. The minimum Gasteiger partial charge on any atom is -0.392 e. The molecule has 1 aromatic rings. The Bertz CT molecular complexity index is 507. The average Bonchev–Trinajstić information content (AvgIpc) is 2.37. The summed E-state index contributed by atoms with van der Waals surface area (Å²) in [6.45, 7) is -0.243. The summed E-state index contributed by atoms with van der Waals surface area (Å²) in [7, 11) is 0. The van der Waals surface area contributed by atoms with Crippen molar-refractivity contribution in [3.63, 3.8) is 0 Å². The van der Waals surface area contributed by atoms with Gasteiger partial charge in [-0.25, -0.2) is 0 Å². The van der Waals surface area contributed by atoms with Crippen LogP contribution in [0.2, 0.25) is 0 Å². The van der Waals surface area contributed by atoms with Crippen molar-refractivity contribution in [2.24, 2.45) is 0 Å². The number of rotatable bonds is 4. The molecule has 0 aliphatic rings. The highest BCUT2D eigenvalue weighted by Gasteiger charge is 2.68. The van der Waals surface area contributed by atoms with Crippen LogP contribution < -0.4 is 0 Å². The molecule has 0 fully saturated rings. The number of hydrogen-bond donors (Lipinski definition) is 1. The second-order valence-corrected chi connectivity index (χ2v) is 10.3. The number of aliphatic hydroxyl groups excluding tert-OH is 1. The molecule has 1 N–H and O–H groups in total. The Kier molecular flexibility index (Phi) is 6.90. The van der Waals surface area contributed by atoms with Crippen LogP contribution in [-0.2, 0) is 10.9 Å². The van der Waals surface area contributed by atoms with Crippen LogP contribution in [0.4, 0.5) is 0 Å². The van der Waals surface area contributed by atoms with Crippen LogP contribution in [0.15, 0.2) is 24.3 Å². The van der Waals surface area contributed by atoms with Crippen LogP contribution in [0.5, 0.6) is 0 Å². The lowest BCUT2D eigenvalue weighted by Gasteiger charge is -2.44. The van der Waals surface area contributed by atoms with Crippen LogP contribution >= 0.6 is 104 Å². The number of aliphatic hydroxyl groups is 1. The Morgan fingerprint density at radius 3 is 1.76 bits per heavy atom. The molecule has 0 spiro atoms. The first kappa shape index (κ1) is 20.8. The molecule has 0 aliphatic heterocycles. The van der Waals surface area contributed by atoms with Gasteiger partial charge in [0.15, 0.2) is 8.67 Å². The topological polar surface area (TPSA) is 20.2 Å². The zero-order valence-corrected chi connectivity index (χ0v) is 16.7. The molecule has 0 unspecified atom stereocenters. The quantitative estimate of drug-likeness (QED) is 0.493. The summed E-state index contributed by atoms with van der Waals surface area (Å²) in [5.41, 5.74) is 0.744. The highest BCUT2D eigenvalue weighted by atomic mass is 35.6. The van der Waals surface area contributed by atoms with E-state index in [0.717, 1.165) is 0 Å². The smallest absolute Gasteiger partial charge is 0.226 e. The van der Waals surface area contributed by atoms with Crippen LogP contribution in [0.1, 0.15) is 11.1 Å². The summed E-state index contributed by atoms with van der Waals surface area (Å²) in [6, 6.07) is 6.22. The van der Waals surface area contributed by atoms with E-state index < -0.39 is 16.8 Å². The maximum absolute atomic E-state index is 9.15. The van der Waals surface area contributed by atoms with E-state index in [1.807, 2.05) is 0 Å². The normalized spacial score (nSPS) is 14.4. The van der Waals surface area contributed by atoms with E-state index in [4.69, 9.17) is 110 Å². The zero-order chi connectivity index (χ0) is 16.7. The maximum atomic E-state index is 9.15. The van der Waals surface area contributed by atoms with Crippen LogP contribution in [0, 0.1) is 0 Å². The van der Waals surface area contributed by atoms with Gasteiger partial charge in [0.25, 0.3) is 0 Å². The highest BCUT2D eigenvalue weighted by Crippen LogP contribution is 2.65. The standard InChI is InChI=1S/C11H7Cl9O/c12-8(13,7-3-1-2-6(4-7)5-21)9(14,15)10(16,17)11(18,19)20/h1-4,21H,5H2. The molecule has 1 nitrogen and oxygen atoms in total. The van der Waals surface area contributed by atoms with Gasteiger partial charge in [-0.2, -0.15) is 0 Å². The van der Waals surface area contributed by atoms with Crippen molar-refractivity contribution >= 4 is 104 Å². The molecule has 0 radical (unpaired) electrons. The molecule has 0 bridgehead atoms. The minimum absolute atomic E-state index is 0.224. The Morgan fingerprint density at radius 2 is 1.33 bits per heavy atom. The predicted octanol–water partition coefficient (Wildman–Crippen LogP) is 6.53. The van der Waals surface area contributed by atoms with Gasteiger partial charge < -0.3 is 5.11 Å². The van der Waals surface area contributed by atoms with Gasteiger partial charge in [-0.1, -0.05) is 129 Å². The van der Waals surface area contributed by atoms with Crippen molar-refractivity contribution in [1.29, 1.82) is 0 Å². The number of benzene rings is 1. The molecule has 21 heavy (non-hydrogen) atoms. The Labute approximate surface area is 167 Å². The van der Waals surface area contributed by atoms with E-state index in [-0.39, 0.29) is 12.2 Å². The van der Waals surface area contributed by atoms with Crippen molar-refractivity contribution in [2.75, 3.05) is 0 Å². The molecule has 0 heterocycles. The number of alkyl halides is 9. The molecule has 10 heteroatoms. The van der Waals surface area contributed by atoms with Crippen molar-refractivity contribution in [3.8, 4) is 0 Å². The first-order valence-electron chi connectivity index (χ1n) is 5.19. The minimum atomic E-state index is -2.34. The van der Waals surface area contributed by atoms with Gasteiger partial charge in [-0.3, -0.25) is 0 Å². The van der Waals surface area contributed by atoms with E-state index in [2.05, 4.69) is 0 Å². The van der Waals surface area contributed by atoms with E-state index >= 15 is 0 Å². The predicted molar refractivity (Wildman–Crippen MR) is 94.9 cm³/mol. The van der Waals surface area contributed by atoms with Gasteiger partial charge >= 0.3 is 0 Å². The molecule has 0 aromatic heterocycles. The van der Waals surface area contributed by atoms with Crippen molar-refractivity contribution in [1.82, 2.24) is 0 Å². The molecular formula is C11H7Cl9O. The maximum Gasteiger partial charge on any atom is 0.226 e. The summed E-state index contributed by atoms with van der Waals surface area (Å²) in [4.78, 5) is 0. The van der Waals surface area contributed by atoms with E-state index in [9.17, 15) is 0 Å². The third kappa shape index (κ3) is 3.90. The fraction of sp³-hybridized carbons (Fsp3) is 0.455. The third-order valence-corrected chi connectivity index (χ3v) is 8.09. The lowest BCUT2D eigenvalue weighted by Crippen LogP contribution is -2.54. The fourth-order valence-corrected chi connectivity index (χ4v) is 3.63. The first-order chi connectivity index (χ1) is 9.29. The van der Waals surface area contributed by atoms with Crippen molar-refractivity contribution in [2.45, 2.75) is 23.4 Å². The van der Waals surface area contributed by atoms with Crippen molar-refractivity contribution < 1.29 is 5.11 Å². The molecule has 1 rings (SSSR count). The monoisotopic (exact) mass is 470 g/mol. The zero-order valence-electron chi connectivity index (χ0n) is 9.87. The van der Waals surface area contributed by atoms with E-state index in [1.165, 1.54) is 12.1 Å². The van der Waals surface area contributed by atoms with Gasteiger partial charge in [0.2, 0.25) is 8.13 Å². The highest BCUT2D eigenvalue weighted by molar-refractivity contribution is 6.80. The van der Waals surface area contributed by atoms with Crippen LogP contribution in [-0.4, -0.2) is 17.6 Å². The summed E-state index contributed by atoms with van der Waals surface area (Å²) in [5.74, 6) is 0. The second kappa shape index (κ2) is 6.96. The molecule has 0 aliphatic carbocycles. The molecule has 0 atom stereocenters. The lowest BCUT2D eigenvalue weighted by atomic mass is 10.0. The van der Waals surface area contributed by atoms with Crippen LogP contribution in [0.25, 0.3) is 0 Å². The fourth-order valence-electron chi connectivity index (χ4n) is 1.42. The summed E-state index contributed by atoms with van der Waals surface area (Å²) >= 11 is 53.9. The van der Waals surface area contributed by atoms with Crippen LogP contribution in [0.3, 0.4) is 0 Å². The largest absolute Gasteiger partial charge is 0.392 e. The van der Waals surface area contributed by atoms with Gasteiger partial charge in [-0.05, 0) is 11.1 Å². The van der Waals surface area contributed by atoms with Gasteiger partial charge in [-0.15, -0.1) is 0 Å². The number of hydrogen-bond acceptors (Lipinski definition) is 1. The van der Waals surface area contributed by atoms with Gasteiger partial charge in [0.05, 0.1) is 6.61 Å².